The van der Waals surface area contributed by atoms with Crippen molar-refractivity contribution in [2.75, 3.05) is 11.9 Å². The maximum atomic E-state index is 12.2. The summed E-state index contributed by atoms with van der Waals surface area (Å²) in [5.74, 6) is -1.39. The van der Waals surface area contributed by atoms with E-state index in [1.807, 2.05) is 0 Å². The van der Waals surface area contributed by atoms with Gasteiger partial charge in [0.2, 0.25) is 0 Å². The second-order valence-corrected chi connectivity index (χ2v) is 6.58. The van der Waals surface area contributed by atoms with Crippen LogP contribution in [0.1, 0.15) is 28.2 Å². The van der Waals surface area contributed by atoms with Crippen LogP contribution in [0.25, 0.3) is 6.08 Å². The summed E-state index contributed by atoms with van der Waals surface area (Å²) >= 11 is 1.38. The zero-order chi connectivity index (χ0) is 18.4. The van der Waals surface area contributed by atoms with Crippen LogP contribution < -0.4 is 10.6 Å². The van der Waals surface area contributed by atoms with Crippen LogP contribution >= 0.6 is 11.3 Å². The molecule has 8 heteroatoms. The van der Waals surface area contributed by atoms with Crippen molar-refractivity contribution < 1.29 is 19.1 Å². The van der Waals surface area contributed by atoms with E-state index >= 15 is 0 Å². The van der Waals surface area contributed by atoms with E-state index < -0.39 is 18.5 Å². The Bertz CT molecular complexity index is 829. The van der Waals surface area contributed by atoms with Crippen molar-refractivity contribution in [1.29, 1.82) is 0 Å². The lowest BCUT2D eigenvalue weighted by Gasteiger charge is -2.11. The first kappa shape index (κ1) is 17.8. The van der Waals surface area contributed by atoms with Crippen molar-refractivity contribution >= 4 is 40.9 Å². The summed E-state index contributed by atoms with van der Waals surface area (Å²) < 4.78 is 4.89. The summed E-state index contributed by atoms with van der Waals surface area (Å²) in [6, 6.07) is 6.92. The molecule has 0 unspecified atom stereocenters. The Hall–Kier alpha value is -3.00. The number of benzene rings is 1. The zero-order valence-electron chi connectivity index (χ0n) is 13.8. The van der Waals surface area contributed by atoms with E-state index in [1.54, 1.807) is 35.8 Å². The second-order valence-electron chi connectivity index (χ2n) is 5.65. The van der Waals surface area contributed by atoms with E-state index in [2.05, 4.69) is 15.6 Å². The average Bonchev–Trinajstić information content (AvgIpc) is 3.29. The fraction of sp³-hybridized carbons (Fsp3) is 0.222. The number of ether oxygens (including phenoxy) is 1. The number of nitrogens with zero attached hydrogens (tertiary/aromatic N) is 1. The quantitative estimate of drug-likeness (QED) is 0.575. The van der Waals surface area contributed by atoms with Crippen molar-refractivity contribution in [3.63, 3.8) is 0 Å². The molecule has 1 aromatic heterocycles. The van der Waals surface area contributed by atoms with Crippen LogP contribution in [-0.4, -0.2) is 35.4 Å². The molecule has 134 valence electrons. The Morgan fingerprint density at radius 1 is 1.27 bits per heavy atom. The molecule has 26 heavy (non-hydrogen) atoms. The molecule has 0 saturated heterocycles. The molecule has 1 aliphatic rings. The molecular weight excluding hydrogens is 354 g/mol. The number of amides is 2. The number of carbonyl (C=O) groups is 3. The first-order valence-corrected chi connectivity index (χ1v) is 8.94. The molecule has 2 amide bonds. The molecule has 1 heterocycles. The van der Waals surface area contributed by atoms with Crippen LogP contribution in [0, 0.1) is 0 Å². The maximum absolute atomic E-state index is 12.2. The normalized spacial score (nSPS) is 13.4. The standard InChI is InChI=1S/C18H17N3O4S/c22-15(11-25-17(23)8-7-16-19-9-10-26-16)21-14-4-2-1-3-13(14)18(24)20-12-5-6-12/h1-4,7-10,12H,5-6,11H2,(H,20,24)(H,21,22). The number of esters is 1. The first-order chi connectivity index (χ1) is 12.6. The van der Waals surface area contributed by atoms with Gasteiger partial charge in [0.05, 0.1) is 11.3 Å². The third-order valence-corrected chi connectivity index (χ3v) is 4.26. The lowest BCUT2D eigenvalue weighted by molar-refractivity contribution is -0.142. The monoisotopic (exact) mass is 371 g/mol. The Morgan fingerprint density at radius 3 is 2.81 bits per heavy atom. The number of rotatable bonds is 7. The Balaban J connectivity index is 1.51. The van der Waals surface area contributed by atoms with Gasteiger partial charge in [0.1, 0.15) is 5.01 Å². The largest absolute Gasteiger partial charge is 0.452 e. The van der Waals surface area contributed by atoms with E-state index in [-0.39, 0.29) is 11.9 Å². The number of hydrogen-bond acceptors (Lipinski definition) is 6. The summed E-state index contributed by atoms with van der Waals surface area (Å²) in [6.07, 6.45) is 6.31. The highest BCUT2D eigenvalue weighted by Crippen LogP contribution is 2.21. The molecule has 3 rings (SSSR count). The predicted octanol–water partition coefficient (Wildman–Crippen LogP) is 2.23. The summed E-state index contributed by atoms with van der Waals surface area (Å²) in [6.45, 7) is -0.445. The van der Waals surface area contributed by atoms with Gasteiger partial charge in [0.25, 0.3) is 11.8 Å². The van der Waals surface area contributed by atoms with Gasteiger partial charge in [-0.05, 0) is 31.1 Å². The van der Waals surface area contributed by atoms with E-state index in [4.69, 9.17) is 4.74 Å². The predicted molar refractivity (Wildman–Crippen MR) is 97.7 cm³/mol. The van der Waals surface area contributed by atoms with Gasteiger partial charge in [-0.15, -0.1) is 11.3 Å². The molecule has 0 spiro atoms. The molecule has 2 aromatic rings. The number of carbonyl (C=O) groups excluding carboxylic acids is 3. The molecule has 1 fully saturated rings. The number of aromatic nitrogens is 1. The molecular formula is C18H17N3O4S. The number of hydrogen-bond donors (Lipinski definition) is 2. The summed E-state index contributed by atoms with van der Waals surface area (Å²) in [5.41, 5.74) is 0.757. The highest BCUT2D eigenvalue weighted by Gasteiger charge is 2.25. The van der Waals surface area contributed by atoms with Gasteiger partial charge in [-0.2, -0.15) is 0 Å². The first-order valence-electron chi connectivity index (χ1n) is 8.06. The summed E-state index contributed by atoms with van der Waals surface area (Å²) in [4.78, 5) is 39.8. The molecule has 7 nitrogen and oxygen atoms in total. The van der Waals surface area contributed by atoms with Gasteiger partial charge in [0, 0.05) is 23.7 Å². The van der Waals surface area contributed by atoms with Gasteiger partial charge < -0.3 is 15.4 Å². The fourth-order valence-corrected chi connectivity index (χ4v) is 2.64. The minimum Gasteiger partial charge on any atom is -0.452 e. The van der Waals surface area contributed by atoms with Crippen LogP contribution in [0.15, 0.2) is 41.9 Å². The van der Waals surface area contributed by atoms with Gasteiger partial charge >= 0.3 is 5.97 Å². The summed E-state index contributed by atoms with van der Waals surface area (Å²) in [5, 5.41) is 7.93. The van der Waals surface area contributed by atoms with Crippen molar-refractivity contribution in [3.8, 4) is 0 Å². The molecule has 1 aliphatic carbocycles. The maximum Gasteiger partial charge on any atom is 0.331 e. The second kappa shape index (κ2) is 8.39. The Labute approximate surface area is 154 Å². The average molecular weight is 371 g/mol. The van der Waals surface area contributed by atoms with E-state index in [9.17, 15) is 14.4 Å². The molecule has 1 aromatic carbocycles. The third kappa shape index (κ3) is 5.25. The topological polar surface area (TPSA) is 97.4 Å². The molecule has 0 atom stereocenters. The van der Waals surface area contributed by atoms with Crippen LogP contribution in [0.4, 0.5) is 5.69 Å². The number of nitrogens with one attached hydrogen (secondary N) is 2. The highest BCUT2D eigenvalue weighted by molar-refractivity contribution is 7.10. The molecule has 1 saturated carbocycles. The van der Waals surface area contributed by atoms with Crippen molar-refractivity contribution in [2.24, 2.45) is 0 Å². The fourth-order valence-electron chi connectivity index (χ4n) is 2.11. The number of para-hydroxylation sites is 1. The summed E-state index contributed by atoms with van der Waals surface area (Å²) in [7, 11) is 0. The smallest absolute Gasteiger partial charge is 0.331 e. The minimum absolute atomic E-state index is 0.219. The van der Waals surface area contributed by atoms with Gasteiger partial charge in [-0.25, -0.2) is 9.78 Å². The Morgan fingerprint density at radius 2 is 2.08 bits per heavy atom. The molecule has 2 N–H and O–H groups in total. The Kier molecular flexibility index (Phi) is 5.75. The van der Waals surface area contributed by atoms with Crippen molar-refractivity contribution in [2.45, 2.75) is 18.9 Å². The lowest BCUT2D eigenvalue weighted by atomic mass is 10.1. The van der Waals surface area contributed by atoms with Crippen molar-refractivity contribution in [1.82, 2.24) is 10.3 Å². The lowest BCUT2D eigenvalue weighted by Crippen LogP contribution is -2.27. The van der Waals surface area contributed by atoms with Crippen LogP contribution in [0.3, 0.4) is 0 Å². The third-order valence-electron chi connectivity index (χ3n) is 3.52. The van der Waals surface area contributed by atoms with Crippen LogP contribution in [0.2, 0.25) is 0 Å². The SMILES string of the molecule is O=C(COC(=O)C=Cc1nccs1)Nc1ccccc1C(=O)NC1CC1. The van der Waals surface area contributed by atoms with Crippen LogP contribution in [0.5, 0.6) is 0 Å². The minimum atomic E-state index is -0.643. The number of anilines is 1. The van der Waals surface area contributed by atoms with Crippen LogP contribution in [-0.2, 0) is 14.3 Å². The van der Waals surface area contributed by atoms with Crippen molar-refractivity contribution in [3.05, 3.63) is 52.5 Å². The zero-order valence-corrected chi connectivity index (χ0v) is 14.6. The molecule has 0 bridgehead atoms. The number of thiazole rings is 1. The van der Waals surface area contributed by atoms with Gasteiger partial charge in [-0.1, -0.05) is 12.1 Å². The van der Waals surface area contributed by atoms with Gasteiger partial charge in [0.15, 0.2) is 6.61 Å². The molecule has 0 radical (unpaired) electrons. The van der Waals surface area contributed by atoms with E-state index in [0.29, 0.717) is 16.3 Å². The van der Waals surface area contributed by atoms with Gasteiger partial charge in [-0.3, -0.25) is 9.59 Å². The highest BCUT2D eigenvalue weighted by atomic mass is 32.1. The molecule has 0 aliphatic heterocycles. The van der Waals surface area contributed by atoms with E-state index in [0.717, 1.165) is 12.8 Å². The van der Waals surface area contributed by atoms with E-state index in [1.165, 1.54) is 23.5 Å².